The van der Waals surface area contributed by atoms with Gasteiger partial charge in [-0.15, -0.1) is 11.8 Å². The molecule has 1 aliphatic heterocycles. The molecule has 4 rings (SSSR count). The average molecular weight is 438 g/mol. The highest BCUT2D eigenvalue weighted by Crippen LogP contribution is 2.46. The van der Waals surface area contributed by atoms with Gasteiger partial charge >= 0.3 is 5.97 Å². The zero-order chi connectivity index (χ0) is 22.1. The van der Waals surface area contributed by atoms with Crippen molar-refractivity contribution < 1.29 is 19.1 Å². The summed E-state index contributed by atoms with van der Waals surface area (Å²) in [6.07, 6.45) is 0. The van der Waals surface area contributed by atoms with Gasteiger partial charge < -0.3 is 14.8 Å². The number of carbonyl (C=O) groups excluding carboxylic acids is 2. The van der Waals surface area contributed by atoms with Gasteiger partial charge in [-0.3, -0.25) is 4.79 Å². The Morgan fingerprint density at radius 3 is 2.39 bits per heavy atom. The number of aryl methyl sites for hydroxylation is 1. The van der Waals surface area contributed by atoms with Crippen molar-refractivity contribution >= 4 is 29.5 Å². The Hall–Kier alpha value is -3.26. The van der Waals surface area contributed by atoms with Gasteiger partial charge in [-0.2, -0.15) is 5.10 Å². The van der Waals surface area contributed by atoms with Crippen LogP contribution in [0, 0.1) is 6.92 Å². The summed E-state index contributed by atoms with van der Waals surface area (Å²) in [5.74, 6) is 0.950. The Balaban J connectivity index is 1.81. The number of thioether (sulfide) groups is 1. The highest BCUT2D eigenvalue weighted by atomic mass is 32.2. The van der Waals surface area contributed by atoms with Gasteiger partial charge in [0.1, 0.15) is 11.6 Å². The second-order valence-electron chi connectivity index (χ2n) is 7.22. The number of hydrogen-bond acceptors (Lipinski definition) is 6. The minimum Gasteiger partial charge on any atom is -0.497 e. The lowest BCUT2D eigenvalue weighted by atomic mass is 10.0. The normalized spacial score (nSPS) is 18.0. The number of hydrogen-bond donors (Lipinski definition) is 1. The van der Waals surface area contributed by atoms with Crippen LogP contribution in [-0.4, -0.2) is 41.1 Å². The van der Waals surface area contributed by atoms with E-state index in [1.165, 1.54) is 7.11 Å². The number of rotatable bonds is 4. The number of benzene rings is 2. The SMILES string of the molecule is COC(=O)c1ccc([C@@H]2S[C@H](C)C(=O)Nc3c2c(C)nn3-c2ccc(OC)cc2)cc1. The van der Waals surface area contributed by atoms with Crippen LogP contribution in [0.1, 0.15) is 39.4 Å². The first-order valence-electron chi connectivity index (χ1n) is 9.81. The summed E-state index contributed by atoms with van der Waals surface area (Å²) in [6.45, 7) is 3.83. The molecule has 1 amide bonds. The fraction of sp³-hybridized carbons (Fsp3) is 0.261. The van der Waals surface area contributed by atoms with E-state index in [1.54, 1.807) is 35.7 Å². The Labute approximate surface area is 184 Å². The topological polar surface area (TPSA) is 82.5 Å². The summed E-state index contributed by atoms with van der Waals surface area (Å²) in [6, 6.07) is 14.8. The number of fused-ring (bicyclic) bond motifs is 1. The first-order valence-corrected chi connectivity index (χ1v) is 10.8. The van der Waals surface area contributed by atoms with Crippen LogP contribution in [0.25, 0.3) is 5.69 Å². The molecule has 0 spiro atoms. The summed E-state index contributed by atoms with van der Waals surface area (Å²) in [4.78, 5) is 24.6. The summed E-state index contributed by atoms with van der Waals surface area (Å²) in [7, 11) is 2.98. The highest BCUT2D eigenvalue weighted by molar-refractivity contribution is 8.01. The number of aromatic nitrogens is 2. The molecule has 2 heterocycles. The molecule has 31 heavy (non-hydrogen) atoms. The molecule has 7 nitrogen and oxygen atoms in total. The second kappa shape index (κ2) is 8.47. The molecule has 0 radical (unpaired) electrons. The maximum atomic E-state index is 12.8. The van der Waals surface area contributed by atoms with Gasteiger partial charge in [-0.05, 0) is 55.8 Å². The minimum absolute atomic E-state index is 0.0745. The van der Waals surface area contributed by atoms with Crippen molar-refractivity contribution in [2.45, 2.75) is 24.3 Å². The number of carbonyl (C=O) groups is 2. The molecule has 8 heteroatoms. The van der Waals surface area contributed by atoms with E-state index in [0.29, 0.717) is 11.4 Å². The number of nitrogens with one attached hydrogen (secondary N) is 1. The Bertz CT molecular complexity index is 1120. The number of esters is 1. The van der Waals surface area contributed by atoms with E-state index in [9.17, 15) is 9.59 Å². The number of nitrogens with zero attached hydrogens (tertiary/aromatic N) is 2. The molecule has 2 aromatic carbocycles. The van der Waals surface area contributed by atoms with Crippen LogP contribution in [0.15, 0.2) is 48.5 Å². The third-order valence-corrected chi connectivity index (χ3v) is 6.67. The number of anilines is 1. The Morgan fingerprint density at radius 1 is 1.10 bits per heavy atom. The lowest BCUT2D eigenvalue weighted by molar-refractivity contribution is -0.115. The maximum Gasteiger partial charge on any atom is 0.337 e. The first kappa shape index (κ1) is 21.0. The van der Waals surface area contributed by atoms with E-state index in [1.807, 2.05) is 50.2 Å². The van der Waals surface area contributed by atoms with Crippen LogP contribution in [0.3, 0.4) is 0 Å². The molecule has 0 unspecified atom stereocenters. The molecule has 160 valence electrons. The van der Waals surface area contributed by atoms with E-state index < -0.39 is 0 Å². The molecule has 2 atom stereocenters. The van der Waals surface area contributed by atoms with Gasteiger partial charge in [0.05, 0.1) is 41.7 Å². The summed E-state index contributed by atoms with van der Waals surface area (Å²) in [5, 5.41) is 7.40. The molecule has 0 saturated carbocycles. The van der Waals surface area contributed by atoms with E-state index >= 15 is 0 Å². The zero-order valence-electron chi connectivity index (χ0n) is 17.7. The van der Waals surface area contributed by atoms with Crippen molar-refractivity contribution in [1.82, 2.24) is 9.78 Å². The molecule has 0 fully saturated rings. The predicted octanol–water partition coefficient (Wildman–Crippen LogP) is 4.14. The predicted molar refractivity (Wildman–Crippen MR) is 120 cm³/mol. The van der Waals surface area contributed by atoms with Crippen molar-refractivity contribution in [3.63, 3.8) is 0 Å². The lowest BCUT2D eigenvalue weighted by Gasteiger charge is -2.17. The third kappa shape index (κ3) is 3.90. The Kier molecular flexibility index (Phi) is 5.73. The van der Waals surface area contributed by atoms with Crippen molar-refractivity contribution in [3.8, 4) is 11.4 Å². The number of amides is 1. The standard InChI is InChI=1S/C23H23N3O4S/c1-13-19-20(15-5-7-16(8-6-15)23(28)30-4)31-14(2)22(27)24-21(19)26(25-13)17-9-11-18(29-3)12-10-17/h5-12,14,20H,1-4H3,(H,24,27)/t14-,20+/m1/s1. The number of ether oxygens (including phenoxy) is 2. The van der Waals surface area contributed by atoms with Crippen molar-refractivity contribution in [2.75, 3.05) is 19.5 Å². The van der Waals surface area contributed by atoms with Gasteiger partial charge in [0.15, 0.2) is 0 Å². The fourth-order valence-electron chi connectivity index (χ4n) is 3.59. The molecule has 3 aromatic rings. The summed E-state index contributed by atoms with van der Waals surface area (Å²) in [5.41, 5.74) is 4.07. The molecule has 1 aromatic heterocycles. The molecule has 1 N–H and O–H groups in total. The average Bonchev–Trinajstić information content (AvgIpc) is 3.04. The first-order chi connectivity index (χ1) is 14.9. The summed E-state index contributed by atoms with van der Waals surface area (Å²) >= 11 is 1.56. The van der Waals surface area contributed by atoms with Crippen molar-refractivity contribution in [2.24, 2.45) is 0 Å². The smallest absolute Gasteiger partial charge is 0.337 e. The molecular weight excluding hydrogens is 414 g/mol. The quantitative estimate of drug-likeness (QED) is 0.618. The molecule has 1 aliphatic rings. The molecule has 0 bridgehead atoms. The van der Waals surface area contributed by atoms with Crippen LogP contribution < -0.4 is 10.1 Å². The monoisotopic (exact) mass is 437 g/mol. The minimum atomic E-state index is -0.380. The van der Waals surface area contributed by atoms with Gasteiger partial charge in [0.25, 0.3) is 0 Å². The van der Waals surface area contributed by atoms with Crippen LogP contribution >= 0.6 is 11.8 Å². The van der Waals surface area contributed by atoms with Crippen molar-refractivity contribution in [3.05, 3.63) is 70.9 Å². The highest BCUT2D eigenvalue weighted by Gasteiger charge is 2.34. The number of methoxy groups -OCH3 is 2. The van der Waals surface area contributed by atoms with E-state index in [2.05, 4.69) is 5.32 Å². The third-order valence-electron chi connectivity index (χ3n) is 5.27. The van der Waals surface area contributed by atoms with E-state index in [0.717, 1.165) is 28.3 Å². The largest absolute Gasteiger partial charge is 0.497 e. The van der Waals surface area contributed by atoms with Gasteiger partial charge in [-0.25, -0.2) is 9.48 Å². The van der Waals surface area contributed by atoms with Crippen LogP contribution in [-0.2, 0) is 9.53 Å². The lowest BCUT2D eigenvalue weighted by Crippen LogP contribution is -2.22. The second-order valence-corrected chi connectivity index (χ2v) is 8.67. The van der Waals surface area contributed by atoms with Gasteiger partial charge in [-0.1, -0.05) is 12.1 Å². The van der Waals surface area contributed by atoms with Gasteiger partial charge in [0, 0.05) is 5.56 Å². The van der Waals surface area contributed by atoms with Crippen LogP contribution in [0.4, 0.5) is 5.82 Å². The zero-order valence-corrected chi connectivity index (χ0v) is 18.5. The fourth-order valence-corrected chi connectivity index (χ4v) is 4.92. The molecule has 0 aliphatic carbocycles. The molecular formula is C23H23N3O4S. The van der Waals surface area contributed by atoms with Crippen LogP contribution in [0.5, 0.6) is 5.75 Å². The molecule has 0 saturated heterocycles. The van der Waals surface area contributed by atoms with E-state index in [4.69, 9.17) is 14.6 Å². The maximum absolute atomic E-state index is 12.8. The van der Waals surface area contributed by atoms with E-state index in [-0.39, 0.29) is 22.4 Å². The van der Waals surface area contributed by atoms with Crippen molar-refractivity contribution in [1.29, 1.82) is 0 Å². The Morgan fingerprint density at radius 2 is 1.77 bits per heavy atom. The van der Waals surface area contributed by atoms with Crippen LogP contribution in [0.2, 0.25) is 0 Å². The van der Waals surface area contributed by atoms with Gasteiger partial charge in [0.2, 0.25) is 5.91 Å². The summed E-state index contributed by atoms with van der Waals surface area (Å²) < 4.78 is 11.8.